The van der Waals surface area contributed by atoms with Gasteiger partial charge in [-0.3, -0.25) is 14.6 Å². The van der Waals surface area contributed by atoms with Gasteiger partial charge in [-0.2, -0.15) is 5.10 Å². The number of nitrogens with one attached hydrogen (secondary N) is 2. The average Bonchev–Trinajstić information content (AvgIpc) is 3.43. The predicted molar refractivity (Wildman–Crippen MR) is 128 cm³/mol. The Hall–Kier alpha value is -2.58. The third kappa shape index (κ3) is 5.81. The minimum Gasteiger partial charge on any atom is -0.496 e. The van der Waals surface area contributed by atoms with Crippen LogP contribution in [-0.2, 0) is 17.8 Å². The van der Waals surface area contributed by atoms with E-state index in [-0.39, 0.29) is 6.04 Å². The van der Waals surface area contributed by atoms with Crippen molar-refractivity contribution in [2.75, 3.05) is 47.5 Å². The Kier molecular flexibility index (Phi) is 8.93. The molecule has 0 saturated carbocycles. The Bertz CT molecular complexity index is 889. The van der Waals surface area contributed by atoms with Crippen LogP contribution in [0.15, 0.2) is 29.3 Å². The lowest BCUT2D eigenvalue weighted by molar-refractivity contribution is 0.182. The van der Waals surface area contributed by atoms with E-state index < -0.39 is 0 Å². The van der Waals surface area contributed by atoms with E-state index in [1.54, 1.807) is 14.2 Å². The second kappa shape index (κ2) is 11.9. The summed E-state index contributed by atoms with van der Waals surface area (Å²) in [6.45, 7) is 9.21. The number of hydrogen-bond acceptors (Lipinski definition) is 5. The molecule has 32 heavy (non-hydrogen) atoms. The lowest BCUT2D eigenvalue weighted by atomic mass is 10.0. The zero-order chi connectivity index (χ0) is 22.9. The average molecular weight is 443 g/mol. The van der Waals surface area contributed by atoms with E-state index in [1.807, 2.05) is 23.9 Å². The second-order valence-electron chi connectivity index (χ2n) is 8.17. The predicted octanol–water partition coefficient (Wildman–Crippen LogP) is 2.66. The number of aromatic nitrogens is 2. The Morgan fingerprint density at radius 1 is 1.16 bits per heavy atom. The lowest BCUT2D eigenvalue weighted by Crippen LogP contribution is -2.42. The van der Waals surface area contributed by atoms with Gasteiger partial charge in [0.05, 0.1) is 32.0 Å². The molecule has 1 aliphatic heterocycles. The van der Waals surface area contributed by atoms with Crippen LogP contribution in [0.1, 0.15) is 41.4 Å². The molecule has 1 aliphatic rings. The number of likely N-dealkylation sites (tertiary alicyclic amines) is 1. The molecule has 2 N–H and O–H groups in total. The summed E-state index contributed by atoms with van der Waals surface area (Å²) in [5, 5.41) is 11.7. The molecule has 3 rings (SSSR count). The van der Waals surface area contributed by atoms with E-state index in [2.05, 4.69) is 51.6 Å². The van der Waals surface area contributed by atoms with Gasteiger partial charge in [-0.15, -0.1) is 0 Å². The Morgan fingerprint density at radius 3 is 2.59 bits per heavy atom. The Labute approximate surface area is 192 Å². The highest BCUT2D eigenvalue weighted by Gasteiger charge is 2.26. The van der Waals surface area contributed by atoms with Gasteiger partial charge in [0.15, 0.2) is 5.96 Å². The normalized spacial score (nSPS) is 15.7. The van der Waals surface area contributed by atoms with Gasteiger partial charge in [-0.05, 0) is 45.8 Å². The molecule has 2 aromatic rings. The van der Waals surface area contributed by atoms with Crippen molar-refractivity contribution in [1.29, 1.82) is 0 Å². The standard InChI is InChI=1S/C24H38N6O2/c1-18-21(19(2)30(28-18)14-15-31-4)16-26-24(25-3)27-17-22(29-12-8-9-13-29)20-10-6-7-11-23(20)32-5/h6-7,10-11,22H,8-9,12-17H2,1-5H3,(H2,25,26,27). The van der Waals surface area contributed by atoms with Gasteiger partial charge >= 0.3 is 0 Å². The highest BCUT2D eigenvalue weighted by Crippen LogP contribution is 2.31. The summed E-state index contributed by atoms with van der Waals surface area (Å²) in [5.74, 6) is 1.72. The van der Waals surface area contributed by atoms with Crippen molar-refractivity contribution in [3.63, 3.8) is 0 Å². The molecule has 1 fully saturated rings. The SMILES string of the molecule is CN=C(NCc1c(C)nn(CCOC)c1C)NCC(c1ccccc1OC)N1CCCC1. The molecule has 1 unspecified atom stereocenters. The fourth-order valence-electron chi connectivity index (χ4n) is 4.40. The number of ether oxygens (including phenoxy) is 2. The number of para-hydroxylation sites is 1. The monoisotopic (exact) mass is 442 g/mol. The van der Waals surface area contributed by atoms with Crippen molar-refractivity contribution in [2.24, 2.45) is 4.99 Å². The van der Waals surface area contributed by atoms with Crippen LogP contribution in [-0.4, -0.2) is 68.1 Å². The summed E-state index contributed by atoms with van der Waals surface area (Å²) in [5.41, 5.74) is 4.60. The number of aliphatic imine (C=N–C) groups is 1. The number of rotatable bonds is 10. The maximum atomic E-state index is 5.66. The van der Waals surface area contributed by atoms with Crippen LogP contribution in [0.5, 0.6) is 5.75 Å². The molecule has 1 aromatic carbocycles. The zero-order valence-corrected chi connectivity index (χ0v) is 20.1. The van der Waals surface area contributed by atoms with Gasteiger partial charge in [0.2, 0.25) is 0 Å². The number of nitrogens with zero attached hydrogens (tertiary/aromatic N) is 4. The maximum Gasteiger partial charge on any atom is 0.191 e. The van der Waals surface area contributed by atoms with Crippen LogP contribution < -0.4 is 15.4 Å². The summed E-state index contributed by atoms with van der Waals surface area (Å²) in [4.78, 5) is 6.99. The number of guanidine groups is 1. The Balaban J connectivity index is 1.66. The topological polar surface area (TPSA) is 75.9 Å². The third-order valence-electron chi connectivity index (χ3n) is 6.24. The van der Waals surface area contributed by atoms with E-state index in [0.717, 1.165) is 49.3 Å². The maximum absolute atomic E-state index is 5.66. The number of methoxy groups -OCH3 is 2. The first-order valence-corrected chi connectivity index (χ1v) is 11.4. The van der Waals surface area contributed by atoms with Crippen LogP contribution in [0.4, 0.5) is 0 Å². The number of aryl methyl sites for hydroxylation is 1. The van der Waals surface area contributed by atoms with Crippen molar-refractivity contribution in [3.05, 3.63) is 46.8 Å². The highest BCUT2D eigenvalue weighted by atomic mass is 16.5. The molecule has 2 heterocycles. The molecular weight excluding hydrogens is 404 g/mol. The fourth-order valence-corrected chi connectivity index (χ4v) is 4.40. The number of hydrogen-bond donors (Lipinski definition) is 2. The van der Waals surface area contributed by atoms with Crippen LogP contribution in [0, 0.1) is 13.8 Å². The zero-order valence-electron chi connectivity index (χ0n) is 20.1. The van der Waals surface area contributed by atoms with E-state index in [4.69, 9.17) is 9.47 Å². The molecule has 0 aliphatic carbocycles. The molecule has 1 aromatic heterocycles. The van der Waals surface area contributed by atoms with E-state index >= 15 is 0 Å². The fraction of sp³-hybridized carbons (Fsp3) is 0.583. The first-order chi connectivity index (χ1) is 15.6. The third-order valence-corrected chi connectivity index (χ3v) is 6.24. The van der Waals surface area contributed by atoms with Crippen LogP contribution in [0.25, 0.3) is 0 Å². The first-order valence-electron chi connectivity index (χ1n) is 11.4. The molecule has 1 atom stereocenters. The van der Waals surface area contributed by atoms with Crippen molar-refractivity contribution < 1.29 is 9.47 Å². The van der Waals surface area contributed by atoms with Gasteiger partial charge in [-0.25, -0.2) is 0 Å². The largest absolute Gasteiger partial charge is 0.496 e. The lowest BCUT2D eigenvalue weighted by Gasteiger charge is -2.30. The van der Waals surface area contributed by atoms with Gasteiger partial charge in [-0.1, -0.05) is 18.2 Å². The minimum atomic E-state index is 0.229. The second-order valence-corrected chi connectivity index (χ2v) is 8.17. The highest BCUT2D eigenvalue weighted by molar-refractivity contribution is 5.79. The molecular formula is C24H38N6O2. The van der Waals surface area contributed by atoms with Crippen LogP contribution >= 0.6 is 0 Å². The summed E-state index contributed by atoms with van der Waals surface area (Å²) >= 11 is 0. The molecule has 176 valence electrons. The van der Waals surface area contributed by atoms with Gasteiger partial charge in [0.1, 0.15) is 5.75 Å². The van der Waals surface area contributed by atoms with Crippen molar-refractivity contribution in [3.8, 4) is 5.75 Å². The molecule has 0 amide bonds. The molecule has 8 nitrogen and oxygen atoms in total. The summed E-state index contributed by atoms with van der Waals surface area (Å²) in [6, 6.07) is 8.54. The molecule has 1 saturated heterocycles. The van der Waals surface area contributed by atoms with Crippen molar-refractivity contribution in [2.45, 2.75) is 45.8 Å². The van der Waals surface area contributed by atoms with Crippen molar-refractivity contribution >= 4 is 5.96 Å². The minimum absolute atomic E-state index is 0.229. The molecule has 8 heteroatoms. The smallest absolute Gasteiger partial charge is 0.191 e. The summed E-state index contributed by atoms with van der Waals surface area (Å²) < 4.78 is 12.9. The van der Waals surface area contributed by atoms with Crippen LogP contribution in [0.3, 0.4) is 0 Å². The van der Waals surface area contributed by atoms with E-state index in [0.29, 0.717) is 13.2 Å². The van der Waals surface area contributed by atoms with Crippen molar-refractivity contribution in [1.82, 2.24) is 25.3 Å². The summed E-state index contributed by atoms with van der Waals surface area (Å²) in [6.07, 6.45) is 2.48. The first kappa shape index (κ1) is 24.1. The van der Waals surface area contributed by atoms with Gasteiger partial charge in [0, 0.05) is 44.1 Å². The quantitative estimate of drug-likeness (QED) is 0.435. The summed E-state index contributed by atoms with van der Waals surface area (Å²) in [7, 11) is 5.26. The van der Waals surface area contributed by atoms with E-state index in [9.17, 15) is 0 Å². The van der Waals surface area contributed by atoms with Gasteiger partial charge in [0.25, 0.3) is 0 Å². The van der Waals surface area contributed by atoms with Gasteiger partial charge < -0.3 is 20.1 Å². The van der Waals surface area contributed by atoms with E-state index in [1.165, 1.54) is 24.0 Å². The molecule has 0 radical (unpaired) electrons. The Morgan fingerprint density at radius 2 is 1.91 bits per heavy atom. The number of benzene rings is 1. The van der Waals surface area contributed by atoms with Crippen LogP contribution in [0.2, 0.25) is 0 Å². The molecule has 0 bridgehead atoms. The molecule has 0 spiro atoms.